The first kappa shape index (κ1) is 14.5. The van der Waals surface area contributed by atoms with E-state index in [1.807, 2.05) is 0 Å². The number of carboxylic acids is 1. The summed E-state index contributed by atoms with van der Waals surface area (Å²) in [6.07, 6.45) is 0. The Labute approximate surface area is 120 Å². The zero-order valence-corrected chi connectivity index (χ0v) is 11.0. The van der Waals surface area contributed by atoms with Crippen LogP contribution in [0.3, 0.4) is 0 Å². The Bertz CT molecular complexity index is 659. The second kappa shape index (κ2) is 6.47. The van der Waals surface area contributed by atoms with Crippen molar-refractivity contribution >= 4 is 17.5 Å². The molecule has 0 bridgehead atoms. The van der Waals surface area contributed by atoms with Crippen molar-refractivity contribution in [3.63, 3.8) is 0 Å². The SMILES string of the molecule is O=C(O)COc1ccc(C(=O)C(=O)c2ccccc2)cc1. The molecule has 0 aliphatic carbocycles. The lowest BCUT2D eigenvalue weighted by atomic mass is 10.0. The number of carbonyl (C=O) groups excluding carboxylic acids is 2. The number of hydrogen-bond acceptors (Lipinski definition) is 4. The molecule has 21 heavy (non-hydrogen) atoms. The number of aliphatic carboxylic acids is 1. The lowest BCUT2D eigenvalue weighted by molar-refractivity contribution is -0.139. The van der Waals surface area contributed by atoms with Crippen molar-refractivity contribution in [2.24, 2.45) is 0 Å². The van der Waals surface area contributed by atoms with E-state index in [0.717, 1.165) is 0 Å². The van der Waals surface area contributed by atoms with Crippen LogP contribution in [0.5, 0.6) is 5.75 Å². The first-order valence-electron chi connectivity index (χ1n) is 6.16. The van der Waals surface area contributed by atoms with E-state index >= 15 is 0 Å². The Balaban J connectivity index is 2.10. The summed E-state index contributed by atoms with van der Waals surface area (Å²) in [5, 5.41) is 8.49. The first-order valence-corrected chi connectivity index (χ1v) is 6.16. The van der Waals surface area contributed by atoms with Gasteiger partial charge >= 0.3 is 5.97 Å². The van der Waals surface area contributed by atoms with E-state index in [1.165, 1.54) is 24.3 Å². The molecule has 0 unspecified atom stereocenters. The predicted octanol–water partition coefficient (Wildman–Crippen LogP) is 2.22. The molecular formula is C16H12O5. The average molecular weight is 284 g/mol. The number of hydrogen-bond donors (Lipinski definition) is 1. The Morgan fingerprint density at radius 2 is 1.33 bits per heavy atom. The molecule has 106 valence electrons. The van der Waals surface area contributed by atoms with Crippen molar-refractivity contribution in [1.29, 1.82) is 0 Å². The monoisotopic (exact) mass is 284 g/mol. The Kier molecular flexibility index (Phi) is 4.46. The van der Waals surface area contributed by atoms with Crippen LogP contribution in [-0.2, 0) is 4.79 Å². The highest BCUT2D eigenvalue weighted by Crippen LogP contribution is 2.14. The lowest BCUT2D eigenvalue weighted by Crippen LogP contribution is -2.14. The Morgan fingerprint density at radius 1 is 0.810 bits per heavy atom. The molecule has 0 fully saturated rings. The summed E-state index contributed by atoms with van der Waals surface area (Å²) in [5.74, 6) is -1.98. The molecule has 0 saturated carbocycles. The maximum Gasteiger partial charge on any atom is 0.341 e. The standard InChI is InChI=1S/C16H12O5/c17-14(18)10-21-13-8-6-12(7-9-13)16(20)15(19)11-4-2-1-3-5-11/h1-9H,10H2,(H,17,18). The van der Waals surface area contributed by atoms with Crippen LogP contribution in [0.25, 0.3) is 0 Å². The molecule has 0 aromatic heterocycles. The number of Topliss-reactive ketones (excluding diaryl/α,β-unsaturated/α-hetero) is 2. The maximum atomic E-state index is 12.0. The van der Waals surface area contributed by atoms with Gasteiger partial charge in [0.1, 0.15) is 5.75 Å². The van der Waals surface area contributed by atoms with E-state index < -0.39 is 24.1 Å². The maximum absolute atomic E-state index is 12.0. The van der Waals surface area contributed by atoms with Crippen molar-refractivity contribution in [3.8, 4) is 5.75 Å². The summed E-state index contributed by atoms with van der Waals surface area (Å²) in [5.41, 5.74) is 0.556. The third-order valence-electron chi connectivity index (χ3n) is 2.72. The second-order valence-corrected chi connectivity index (χ2v) is 4.23. The first-order chi connectivity index (χ1) is 10.1. The number of carboxylic acid groups (broad SMARTS) is 1. The quantitative estimate of drug-likeness (QED) is 0.649. The fourth-order valence-electron chi connectivity index (χ4n) is 1.70. The summed E-state index contributed by atoms with van der Waals surface area (Å²) < 4.78 is 4.95. The molecule has 5 nitrogen and oxygen atoms in total. The van der Waals surface area contributed by atoms with Gasteiger partial charge in [-0.3, -0.25) is 9.59 Å². The van der Waals surface area contributed by atoms with Crippen LogP contribution in [0, 0.1) is 0 Å². The summed E-state index contributed by atoms with van der Waals surface area (Å²) in [7, 11) is 0. The van der Waals surface area contributed by atoms with E-state index in [9.17, 15) is 14.4 Å². The van der Waals surface area contributed by atoms with Gasteiger partial charge in [-0.05, 0) is 24.3 Å². The summed E-state index contributed by atoms with van der Waals surface area (Å²) in [4.78, 5) is 34.4. The van der Waals surface area contributed by atoms with Gasteiger partial charge in [0.25, 0.3) is 0 Å². The van der Waals surface area contributed by atoms with Crippen molar-refractivity contribution in [3.05, 3.63) is 65.7 Å². The molecule has 0 heterocycles. The van der Waals surface area contributed by atoms with Gasteiger partial charge in [0.05, 0.1) is 0 Å². The van der Waals surface area contributed by atoms with Crippen LogP contribution in [0.2, 0.25) is 0 Å². The van der Waals surface area contributed by atoms with Crippen LogP contribution in [0.15, 0.2) is 54.6 Å². The number of carbonyl (C=O) groups is 3. The Hall–Kier alpha value is -2.95. The largest absolute Gasteiger partial charge is 0.482 e. The van der Waals surface area contributed by atoms with E-state index in [-0.39, 0.29) is 5.56 Å². The van der Waals surface area contributed by atoms with E-state index in [0.29, 0.717) is 11.3 Å². The molecule has 0 atom stereocenters. The minimum absolute atomic E-state index is 0.228. The molecule has 0 radical (unpaired) electrons. The number of benzene rings is 2. The van der Waals surface area contributed by atoms with E-state index in [4.69, 9.17) is 9.84 Å². The molecule has 2 rings (SSSR count). The summed E-state index contributed by atoms with van der Waals surface area (Å²) in [6, 6.07) is 14.0. The lowest BCUT2D eigenvalue weighted by Gasteiger charge is -2.04. The second-order valence-electron chi connectivity index (χ2n) is 4.23. The van der Waals surface area contributed by atoms with Gasteiger partial charge < -0.3 is 9.84 Å². The fraction of sp³-hybridized carbons (Fsp3) is 0.0625. The van der Waals surface area contributed by atoms with Gasteiger partial charge in [0.2, 0.25) is 11.6 Å². The number of ketones is 2. The Morgan fingerprint density at radius 3 is 1.86 bits per heavy atom. The van der Waals surface area contributed by atoms with E-state index in [2.05, 4.69) is 0 Å². The van der Waals surface area contributed by atoms with Crippen molar-refractivity contribution in [1.82, 2.24) is 0 Å². The molecule has 5 heteroatoms. The van der Waals surface area contributed by atoms with Crippen molar-refractivity contribution < 1.29 is 24.2 Å². The highest BCUT2D eigenvalue weighted by Gasteiger charge is 2.17. The molecule has 2 aromatic rings. The summed E-state index contributed by atoms with van der Waals surface area (Å²) >= 11 is 0. The molecule has 0 amide bonds. The zero-order valence-electron chi connectivity index (χ0n) is 11.0. The molecule has 0 saturated heterocycles. The van der Waals surface area contributed by atoms with Gasteiger partial charge in [-0.15, -0.1) is 0 Å². The van der Waals surface area contributed by atoms with Gasteiger partial charge in [0, 0.05) is 11.1 Å². The molecule has 0 aliphatic rings. The van der Waals surface area contributed by atoms with Gasteiger partial charge in [-0.2, -0.15) is 0 Å². The molecule has 0 spiro atoms. The average Bonchev–Trinajstić information content (AvgIpc) is 2.53. The molecule has 0 aliphatic heterocycles. The zero-order chi connectivity index (χ0) is 15.2. The highest BCUT2D eigenvalue weighted by molar-refractivity contribution is 6.49. The fourth-order valence-corrected chi connectivity index (χ4v) is 1.70. The molecule has 2 aromatic carbocycles. The topological polar surface area (TPSA) is 80.7 Å². The van der Waals surface area contributed by atoms with Gasteiger partial charge in [0.15, 0.2) is 6.61 Å². The third-order valence-corrected chi connectivity index (χ3v) is 2.72. The van der Waals surface area contributed by atoms with Crippen molar-refractivity contribution in [2.45, 2.75) is 0 Å². The summed E-state index contributed by atoms with van der Waals surface area (Å²) in [6.45, 7) is -0.462. The van der Waals surface area contributed by atoms with Gasteiger partial charge in [-0.25, -0.2) is 4.79 Å². The van der Waals surface area contributed by atoms with Gasteiger partial charge in [-0.1, -0.05) is 30.3 Å². The number of rotatable bonds is 6. The molecular weight excluding hydrogens is 272 g/mol. The highest BCUT2D eigenvalue weighted by atomic mass is 16.5. The van der Waals surface area contributed by atoms with Crippen LogP contribution in [-0.4, -0.2) is 29.2 Å². The normalized spacial score (nSPS) is 9.90. The van der Waals surface area contributed by atoms with Crippen LogP contribution < -0.4 is 4.74 Å². The van der Waals surface area contributed by atoms with Crippen molar-refractivity contribution in [2.75, 3.05) is 6.61 Å². The third kappa shape index (κ3) is 3.76. The van der Waals surface area contributed by atoms with Crippen LogP contribution >= 0.6 is 0 Å². The minimum atomic E-state index is -1.09. The van der Waals surface area contributed by atoms with E-state index in [1.54, 1.807) is 30.3 Å². The predicted molar refractivity (Wildman–Crippen MR) is 74.7 cm³/mol. The van der Waals surface area contributed by atoms with Crippen LogP contribution in [0.4, 0.5) is 0 Å². The minimum Gasteiger partial charge on any atom is -0.482 e. The van der Waals surface area contributed by atoms with Crippen LogP contribution in [0.1, 0.15) is 20.7 Å². The molecule has 1 N–H and O–H groups in total. The smallest absolute Gasteiger partial charge is 0.341 e. The number of ether oxygens (including phenoxy) is 1.